The van der Waals surface area contributed by atoms with Gasteiger partial charge in [-0.25, -0.2) is 8.42 Å². The van der Waals surface area contributed by atoms with Gasteiger partial charge >= 0.3 is 6.18 Å². The van der Waals surface area contributed by atoms with Crippen molar-refractivity contribution < 1.29 is 31.2 Å². The smallest absolute Gasteiger partial charge is 0.355 e. The molecule has 3 rings (SSSR count). The average Bonchev–Trinajstić information content (AvgIpc) is 2.89. The van der Waals surface area contributed by atoms with Crippen LogP contribution in [0.5, 0.6) is 0 Å². The zero-order valence-corrected chi connectivity index (χ0v) is 23.6. The Labute approximate surface area is 236 Å². The standard InChI is InChI=1S/C28H29ClF3N3O4S/c1-4-33-27(37)20(3)34(17-21-7-5-9-23(29)15-21)26(36)18-35(24-10-6-8-22(16-24)28(30,31)32)40(38,39)25-13-11-19(2)12-14-25/h5-16,20H,4,17-18H2,1-3H3,(H,33,37)/t20-/m1/s1. The van der Waals surface area contributed by atoms with E-state index >= 15 is 0 Å². The fourth-order valence-electron chi connectivity index (χ4n) is 3.94. The Morgan fingerprint density at radius 1 is 1.00 bits per heavy atom. The zero-order valence-electron chi connectivity index (χ0n) is 22.1. The van der Waals surface area contributed by atoms with Crippen LogP contribution in [-0.4, -0.2) is 44.3 Å². The van der Waals surface area contributed by atoms with E-state index in [9.17, 15) is 31.2 Å². The molecule has 2 amide bonds. The van der Waals surface area contributed by atoms with E-state index in [0.717, 1.165) is 17.7 Å². The quantitative estimate of drug-likeness (QED) is 0.339. The number of likely N-dealkylation sites (N-methyl/N-ethyl adjacent to an activating group) is 1. The number of carbonyl (C=O) groups is 2. The van der Waals surface area contributed by atoms with Gasteiger partial charge < -0.3 is 10.2 Å². The monoisotopic (exact) mass is 595 g/mol. The molecule has 0 aromatic heterocycles. The van der Waals surface area contributed by atoms with E-state index in [0.29, 0.717) is 27.5 Å². The summed E-state index contributed by atoms with van der Waals surface area (Å²) in [5.74, 6) is -1.28. The maximum Gasteiger partial charge on any atom is 0.416 e. The van der Waals surface area contributed by atoms with Crippen LogP contribution in [0.15, 0.2) is 77.7 Å². The molecule has 0 fully saturated rings. The molecule has 0 saturated heterocycles. The molecule has 0 aliphatic heterocycles. The lowest BCUT2D eigenvalue weighted by Crippen LogP contribution is -2.51. The minimum atomic E-state index is -4.75. The maximum absolute atomic E-state index is 13.8. The van der Waals surface area contributed by atoms with Gasteiger partial charge in [0.2, 0.25) is 11.8 Å². The Morgan fingerprint density at radius 3 is 2.25 bits per heavy atom. The van der Waals surface area contributed by atoms with Gasteiger partial charge in [0.15, 0.2) is 0 Å². The lowest BCUT2D eigenvalue weighted by molar-refractivity contribution is -0.139. The average molecular weight is 596 g/mol. The largest absolute Gasteiger partial charge is 0.416 e. The van der Waals surface area contributed by atoms with Gasteiger partial charge in [0.05, 0.1) is 16.1 Å². The molecule has 40 heavy (non-hydrogen) atoms. The minimum Gasteiger partial charge on any atom is -0.355 e. The first-order valence-corrected chi connectivity index (χ1v) is 14.1. The van der Waals surface area contributed by atoms with E-state index in [-0.39, 0.29) is 17.1 Å². The molecule has 0 spiro atoms. The number of amides is 2. The van der Waals surface area contributed by atoms with Crippen LogP contribution in [0, 0.1) is 6.92 Å². The van der Waals surface area contributed by atoms with Crippen LogP contribution in [-0.2, 0) is 32.3 Å². The fourth-order valence-corrected chi connectivity index (χ4v) is 5.56. The number of nitrogens with one attached hydrogen (secondary N) is 1. The molecule has 1 atom stereocenters. The molecule has 214 valence electrons. The van der Waals surface area contributed by atoms with Crippen LogP contribution in [0.2, 0.25) is 5.02 Å². The summed E-state index contributed by atoms with van der Waals surface area (Å²) in [7, 11) is -4.50. The maximum atomic E-state index is 13.8. The molecule has 0 heterocycles. The summed E-state index contributed by atoms with van der Waals surface area (Å²) in [6.45, 7) is 4.27. The number of carbonyl (C=O) groups excluding carboxylic acids is 2. The van der Waals surface area contributed by atoms with Crippen molar-refractivity contribution in [1.29, 1.82) is 0 Å². The third-order valence-corrected chi connectivity index (χ3v) is 8.13. The van der Waals surface area contributed by atoms with E-state index in [1.165, 1.54) is 30.0 Å². The predicted octanol–water partition coefficient (Wildman–Crippen LogP) is 5.42. The fraction of sp³-hybridized carbons (Fsp3) is 0.286. The van der Waals surface area contributed by atoms with Gasteiger partial charge in [0.1, 0.15) is 12.6 Å². The predicted molar refractivity (Wildman–Crippen MR) is 147 cm³/mol. The molecule has 1 N–H and O–H groups in total. The second-order valence-electron chi connectivity index (χ2n) is 9.09. The molecule has 0 aliphatic carbocycles. The Kier molecular flexibility index (Phi) is 9.86. The molecule has 0 unspecified atom stereocenters. The number of hydrogen-bond donors (Lipinski definition) is 1. The number of benzene rings is 3. The van der Waals surface area contributed by atoms with Crippen LogP contribution in [0.25, 0.3) is 0 Å². The SMILES string of the molecule is CCNC(=O)[C@@H](C)N(Cc1cccc(Cl)c1)C(=O)CN(c1cccc(C(F)(F)F)c1)S(=O)(=O)c1ccc(C)cc1. The van der Waals surface area contributed by atoms with Gasteiger partial charge in [-0.2, -0.15) is 13.2 Å². The summed E-state index contributed by atoms with van der Waals surface area (Å²) in [6, 6.07) is 15.0. The van der Waals surface area contributed by atoms with Gasteiger partial charge in [-0.05, 0) is 68.8 Å². The number of halogens is 4. The molecular formula is C28H29ClF3N3O4S. The first-order chi connectivity index (χ1) is 18.7. The number of anilines is 1. The van der Waals surface area contributed by atoms with E-state index in [1.807, 2.05) is 0 Å². The van der Waals surface area contributed by atoms with Crippen LogP contribution in [0.3, 0.4) is 0 Å². The molecule has 12 heteroatoms. The normalized spacial score (nSPS) is 12.5. The number of rotatable bonds is 10. The second kappa shape index (κ2) is 12.7. The van der Waals surface area contributed by atoms with Gasteiger partial charge in [0.25, 0.3) is 10.0 Å². The Balaban J connectivity index is 2.09. The van der Waals surface area contributed by atoms with Crippen molar-refractivity contribution in [2.75, 3.05) is 17.4 Å². The lowest BCUT2D eigenvalue weighted by Gasteiger charge is -2.32. The summed E-state index contributed by atoms with van der Waals surface area (Å²) in [5.41, 5.74) is -0.0849. The highest BCUT2D eigenvalue weighted by Crippen LogP contribution is 2.33. The Morgan fingerprint density at radius 2 is 1.65 bits per heavy atom. The van der Waals surface area contributed by atoms with Crippen molar-refractivity contribution in [3.05, 3.63) is 94.5 Å². The minimum absolute atomic E-state index is 0.0985. The molecule has 0 bridgehead atoms. The molecule has 0 aliphatic rings. The zero-order chi connectivity index (χ0) is 29.7. The van der Waals surface area contributed by atoms with E-state index in [1.54, 1.807) is 50.2 Å². The van der Waals surface area contributed by atoms with Gasteiger partial charge in [0, 0.05) is 18.1 Å². The van der Waals surface area contributed by atoms with Crippen molar-refractivity contribution in [2.24, 2.45) is 0 Å². The number of sulfonamides is 1. The first-order valence-electron chi connectivity index (χ1n) is 12.3. The Bertz CT molecular complexity index is 1460. The topological polar surface area (TPSA) is 86.8 Å². The highest BCUT2D eigenvalue weighted by atomic mass is 35.5. The van der Waals surface area contributed by atoms with Gasteiger partial charge in [-0.3, -0.25) is 13.9 Å². The van der Waals surface area contributed by atoms with Crippen LogP contribution in [0.1, 0.15) is 30.5 Å². The van der Waals surface area contributed by atoms with E-state index in [4.69, 9.17) is 11.6 Å². The molecule has 0 radical (unpaired) electrons. The van der Waals surface area contributed by atoms with Crippen LogP contribution < -0.4 is 9.62 Å². The number of hydrogen-bond acceptors (Lipinski definition) is 4. The molecule has 3 aromatic rings. The first kappa shape index (κ1) is 31.0. The lowest BCUT2D eigenvalue weighted by atomic mass is 10.1. The van der Waals surface area contributed by atoms with Crippen molar-refractivity contribution in [1.82, 2.24) is 10.2 Å². The summed E-state index contributed by atoms with van der Waals surface area (Å²) in [5, 5.41) is 3.02. The molecular weight excluding hydrogens is 567 g/mol. The highest BCUT2D eigenvalue weighted by Gasteiger charge is 2.35. The van der Waals surface area contributed by atoms with Crippen molar-refractivity contribution >= 4 is 39.1 Å². The van der Waals surface area contributed by atoms with Crippen molar-refractivity contribution in [3.8, 4) is 0 Å². The van der Waals surface area contributed by atoms with Crippen molar-refractivity contribution in [3.63, 3.8) is 0 Å². The van der Waals surface area contributed by atoms with E-state index in [2.05, 4.69) is 5.32 Å². The number of alkyl halides is 3. The molecule has 3 aromatic carbocycles. The third-order valence-electron chi connectivity index (χ3n) is 6.11. The van der Waals surface area contributed by atoms with Crippen LogP contribution in [0.4, 0.5) is 18.9 Å². The number of nitrogens with zero attached hydrogens (tertiary/aromatic N) is 2. The molecule has 7 nitrogen and oxygen atoms in total. The third kappa shape index (κ3) is 7.54. The van der Waals surface area contributed by atoms with E-state index < -0.39 is 46.2 Å². The summed E-state index contributed by atoms with van der Waals surface area (Å²) < 4.78 is 68.7. The summed E-state index contributed by atoms with van der Waals surface area (Å²) >= 11 is 6.09. The summed E-state index contributed by atoms with van der Waals surface area (Å²) in [4.78, 5) is 27.4. The van der Waals surface area contributed by atoms with Crippen molar-refractivity contribution in [2.45, 2.75) is 44.4 Å². The second-order valence-corrected chi connectivity index (χ2v) is 11.4. The van der Waals surface area contributed by atoms with Crippen LogP contribution >= 0.6 is 11.6 Å². The van der Waals surface area contributed by atoms with Gasteiger partial charge in [-0.1, -0.05) is 47.5 Å². The van der Waals surface area contributed by atoms with Gasteiger partial charge in [-0.15, -0.1) is 0 Å². The molecule has 0 saturated carbocycles. The highest BCUT2D eigenvalue weighted by molar-refractivity contribution is 7.92. The Hall–Kier alpha value is -3.57. The summed E-state index contributed by atoms with van der Waals surface area (Å²) in [6.07, 6.45) is -4.75. The number of aryl methyl sites for hydroxylation is 1.